The van der Waals surface area contributed by atoms with E-state index in [4.69, 9.17) is 4.74 Å². The number of likely N-dealkylation sites (tertiary alicyclic amines) is 3. The topological polar surface area (TPSA) is 78.9 Å². The first kappa shape index (κ1) is 29.4. The van der Waals surface area contributed by atoms with Crippen LogP contribution in [0.15, 0.2) is 6.33 Å². The van der Waals surface area contributed by atoms with Gasteiger partial charge in [-0.3, -0.25) is 14.5 Å². The zero-order chi connectivity index (χ0) is 28.3. The third-order valence-electron chi connectivity index (χ3n) is 11.1. The second-order valence-electron chi connectivity index (χ2n) is 13.3. The maximum atomic E-state index is 13.4. The Balaban J connectivity index is 1.18. The van der Waals surface area contributed by atoms with Crippen molar-refractivity contribution in [3.05, 3.63) is 23.3 Å². The van der Waals surface area contributed by atoms with E-state index in [1.165, 1.54) is 32.1 Å². The molecule has 0 N–H and O–H groups in total. The number of amides is 2. The molecule has 0 radical (unpaired) electrons. The Morgan fingerprint density at radius 1 is 0.925 bits per heavy atom. The van der Waals surface area contributed by atoms with Gasteiger partial charge < -0.3 is 14.5 Å². The summed E-state index contributed by atoms with van der Waals surface area (Å²) in [5, 5.41) is 0. The number of nitrogens with zero attached hydrogens (tertiary/aromatic N) is 5. The minimum Gasteiger partial charge on any atom is -0.381 e. The van der Waals surface area contributed by atoms with Crippen molar-refractivity contribution < 1.29 is 14.3 Å². The number of unbranched alkanes of at least 4 members (excludes halogenated alkanes) is 1. The Bertz CT molecular complexity index is 1020. The van der Waals surface area contributed by atoms with E-state index < -0.39 is 0 Å². The number of piperidine rings is 3. The molecular weight excluding hydrogens is 502 g/mol. The summed E-state index contributed by atoms with van der Waals surface area (Å²) < 4.78 is 5.52. The van der Waals surface area contributed by atoms with E-state index in [0.29, 0.717) is 22.8 Å². The van der Waals surface area contributed by atoms with Crippen molar-refractivity contribution in [2.45, 2.75) is 97.4 Å². The maximum Gasteiger partial charge on any atom is 0.257 e. The monoisotopic (exact) mass is 553 g/mol. The Labute approximate surface area is 241 Å². The molecule has 5 rings (SSSR count). The molecule has 0 bridgehead atoms. The fraction of sp³-hybridized carbons (Fsp3) is 0.812. The molecule has 4 aliphatic heterocycles. The summed E-state index contributed by atoms with van der Waals surface area (Å²) >= 11 is 0. The molecule has 1 atom stereocenters. The van der Waals surface area contributed by atoms with Gasteiger partial charge in [-0.15, -0.1) is 0 Å². The first-order valence-electron chi connectivity index (χ1n) is 16.0. The molecule has 4 aliphatic rings. The molecule has 5 heterocycles. The van der Waals surface area contributed by atoms with Crippen molar-refractivity contribution in [2.24, 2.45) is 17.3 Å². The molecule has 1 unspecified atom stereocenters. The normalized spacial score (nSPS) is 25.8. The second kappa shape index (κ2) is 12.4. The van der Waals surface area contributed by atoms with E-state index in [9.17, 15) is 9.59 Å². The van der Waals surface area contributed by atoms with Gasteiger partial charge in [-0.25, -0.2) is 9.97 Å². The molecule has 1 spiro atoms. The zero-order valence-corrected chi connectivity index (χ0v) is 25.4. The van der Waals surface area contributed by atoms with E-state index in [2.05, 4.69) is 33.6 Å². The highest BCUT2D eigenvalue weighted by Crippen LogP contribution is 2.49. The van der Waals surface area contributed by atoms with Crippen molar-refractivity contribution in [2.75, 3.05) is 52.5 Å². The molecule has 8 nitrogen and oxygen atoms in total. The summed E-state index contributed by atoms with van der Waals surface area (Å²) in [6.45, 7) is 15.7. The summed E-state index contributed by atoms with van der Waals surface area (Å²) in [4.78, 5) is 42.2. The largest absolute Gasteiger partial charge is 0.381 e. The van der Waals surface area contributed by atoms with Gasteiger partial charge >= 0.3 is 0 Å². The fourth-order valence-corrected chi connectivity index (χ4v) is 8.08. The Hall–Kier alpha value is -2.06. The predicted molar refractivity (Wildman–Crippen MR) is 156 cm³/mol. The molecule has 0 aliphatic carbocycles. The van der Waals surface area contributed by atoms with Crippen molar-refractivity contribution in [3.63, 3.8) is 0 Å². The summed E-state index contributed by atoms with van der Waals surface area (Å²) in [5.41, 5.74) is 2.71. The smallest absolute Gasteiger partial charge is 0.257 e. The fourth-order valence-electron chi connectivity index (χ4n) is 8.08. The lowest BCUT2D eigenvalue weighted by atomic mass is 9.62. The van der Waals surface area contributed by atoms with Crippen LogP contribution in [0.3, 0.4) is 0 Å². The van der Waals surface area contributed by atoms with Crippen LogP contribution in [0.1, 0.15) is 99.8 Å². The average Bonchev–Trinajstić information content (AvgIpc) is 2.97. The van der Waals surface area contributed by atoms with E-state index in [1.54, 1.807) is 6.33 Å². The van der Waals surface area contributed by atoms with E-state index >= 15 is 0 Å². The third kappa shape index (κ3) is 5.94. The van der Waals surface area contributed by atoms with Crippen LogP contribution in [-0.4, -0.2) is 94.5 Å². The number of carbonyl (C=O) groups is 2. The lowest BCUT2D eigenvalue weighted by Crippen LogP contribution is -2.60. The molecule has 4 fully saturated rings. The molecule has 1 aromatic heterocycles. The van der Waals surface area contributed by atoms with E-state index in [0.717, 1.165) is 96.0 Å². The van der Waals surface area contributed by atoms with Gasteiger partial charge in [0.15, 0.2) is 0 Å². The lowest BCUT2D eigenvalue weighted by molar-refractivity contribution is -0.145. The Morgan fingerprint density at radius 3 is 2.15 bits per heavy atom. The zero-order valence-electron chi connectivity index (χ0n) is 25.4. The van der Waals surface area contributed by atoms with Crippen molar-refractivity contribution in [1.82, 2.24) is 24.7 Å². The molecule has 2 amide bonds. The van der Waals surface area contributed by atoms with Crippen LogP contribution >= 0.6 is 0 Å². The van der Waals surface area contributed by atoms with Crippen LogP contribution in [0.5, 0.6) is 0 Å². The third-order valence-corrected chi connectivity index (χ3v) is 11.1. The molecule has 8 heteroatoms. The van der Waals surface area contributed by atoms with Crippen molar-refractivity contribution in [3.8, 4) is 0 Å². The number of ether oxygens (including phenoxy) is 1. The first-order chi connectivity index (χ1) is 19.3. The lowest BCUT2D eigenvalue weighted by Gasteiger charge is -2.56. The number of carbonyl (C=O) groups excluding carboxylic acids is 2. The molecular formula is C32H51N5O3. The molecule has 0 aromatic carbocycles. The summed E-state index contributed by atoms with van der Waals surface area (Å²) in [7, 11) is 0. The highest BCUT2D eigenvalue weighted by atomic mass is 16.5. The minimum absolute atomic E-state index is 0.0797. The summed E-state index contributed by atoms with van der Waals surface area (Å²) in [5.74, 6) is 1.24. The van der Waals surface area contributed by atoms with Gasteiger partial charge in [0, 0.05) is 50.8 Å². The van der Waals surface area contributed by atoms with Gasteiger partial charge in [0.1, 0.15) is 6.33 Å². The van der Waals surface area contributed by atoms with Gasteiger partial charge in [-0.05, 0) is 96.6 Å². The van der Waals surface area contributed by atoms with E-state index in [-0.39, 0.29) is 17.4 Å². The standard InChI is InChI=1S/C32H51N5O3/c1-5-6-7-27-22-36(29(38)26-8-20-40-21-9-26)17-12-32(27)13-18-37(19-14-32)31(4)10-15-35(16-11-31)30(39)28-24(2)33-23-34-25(28)3/h23,26-27H,5-22H2,1-4H3. The molecule has 222 valence electrons. The van der Waals surface area contributed by atoms with Crippen LogP contribution in [0.4, 0.5) is 0 Å². The van der Waals surface area contributed by atoms with Crippen molar-refractivity contribution >= 4 is 11.8 Å². The van der Waals surface area contributed by atoms with Crippen LogP contribution in [-0.2, 0) is 9.53 Å². The van der Waals surface area contributed by atoms with Gasteiger partial charge in [-0.2, -0.15) is 0 Å². The van der Waals surface area contributed by atoms with Crippen LogP contribution in [0.2, 0.25) is 0 Å². The molecule has 1 aromatic rings. The SMILES string of the molecule is CCCCC1CN(C(=O)C2CCOCC2)CCC12CCN(C1(C)CCN(C(=O)c3c(C)ncnc3C)CC1)CC2. The number of hydrogen-bond donors (Lipinski definition) is 0. The number of rotatable bonds is 6. The highest BCUT2D eigenvalue weighted by molar-refractivity contribution is 5.96. The van der Waals surface area contributed by atoms with E-state index in [1.807, 2.05) is 18.7 Å². The first-order valence-corrected chi connectivity index (χ1v) is 16.0. The summed E-state index contributed by atoms with van der Waals surface area (Å²) in [6.07, 6.45) is 12.6. The minimum atomic E-state index is 0.0797. The maximum absolute atomic E-state index is 13.4. The molecule has 4 saturated heterocycles. The van der Waals surface area contributed by atoms with Crippen LogP contribution in [0.25, 0.3) is 0 Å². The number of hydrogen-bond acceptors (Lipinski definition) is 6. The predicted octanol–water partition coefficient (Wildman–Crippen LogP) is 4.64. The average molecular weight is 554 g/mol. The molecule has 0 saturated carbocycles. The van der Waals surface area contributed by atoms with Crippen molar-refractivity contribution in [1.29, 1.82) is 0 Å². The quantitative estimate of drug-likeness (QED) is 0.511. The van der Waals surface area contributed by atoms with Gasteiger partial charge in [0.05, 0.1) is 17.0 Å². The second-order valence-corrected chi connectivity index (χ2v) is 13.3. The van der Waals surface area contributed by atoms with Gasteiger partial charge in [-0.1, -0.05) is 19.8 Å². The molecule has 40 heavy (non-hydrogen) atoms. The van der Waals surface area contributed by atoms with Crippen LogP contribution < -0.4 is 0 Å². The van der Waals surface area contributed by atoms with Gasteiger partial charge in [0.2, 0.25) is 5.91 Å². The number of aryl methyl sites for hydroxylation is 2. The van der Waals surface area contributed by atoms with Crippen LogP contribution in [0, 0.1) is 31.1 Å². The Kier molecular flexibility index (Phi) is 9.15. The van der Waals surface area contributed by atoms with Gasteiger partial charge in [0.25, 0.3) is 5.91 Å². The summed E-state index contributed by atoms with van der Waals surface area (Å²) in [6, 6.07) is 0. The Morgan fingerprint density at radius 2 is 1.52 bits per heavy atom. The number of aromatic nitrogens is 2. The highest BCUT2D eigenvalue weighted by Gasteiger charge is 2.48.